The molecular weight excluding hydrogens is 324 g/mol. The maximum atomic E-state index is 12.5. The van der Waals surface area contributed by atoms with Gasteiger partial charge in [0.2, 0.25) is 0 Å². The molecule has 1 aromatic heterocycles. The fourth-order valence-corrected chi connectivity index (χ4v) is 4.84. The number of benzene rings is 2. The van der Waals surface area contributed by atoms with Crippen molar-refractivity contribution in [1.82, 2.24) is 4.98 Å². The van der Waals surface area contributed by atoms with E-state index in [9.17, 15) is 4.79 Å². The molecule has 0 aliphatic carbocycles. The highest BCUT2D eigenvalue weighted by Crippen LogP contribution is 2.30. The second-order valence-corrected chi connectivity index (χ2v) is 7.85. The Labute approximate surface area is 143 Å². The monoisotopic (exact) mass is 340 g/mol. The van der Waals surface area contributed by atoms with Gasteiger partial charge in [0, 0.05) is 5.69 Å². The molecule has 1 aliphatic heterocycles. The predicted molar refractivity (Wildman–Crippen MR) is 97.5 cm³/mol. The van der Waals surface area contributed by atoms with Crippen molar-refractivity contribution in [2.24, 2.45) is 0 Å². The number of hydrogen-bond acceptors (Lipinski definition) is 5. The van der Waals surface area contributed by atoms with Crippen molar-refractivity contribution in [2.45, 2.75) is 23.2 Å². The Bertz CT molecular complexity index is 826. The van der Waals surface area contributed by atoms with E-state index < -0.39 is 0 Å². The lowest BCUT2D eigenvalue weighted by Gasteiger charge is -2.25. The molecule has 0 saturated heterocycles. The smallest absolute Gasteiger partial charge is 0.165 e. The first kappa shape index (κ1) is 14.7. The van der Waals surface area contributed by atoms with Gasteiger partial charge in [0.05, 0.1) is 22.0 Å². The van der Waals surface area contributed by atoms with E-state index in [0.29, 0.717) is 5.75 Å². The fourth-order valence-electron chi connectivity index (χ4n) is 2.83. The van der Waals surface area contributed by atoms with Gasteiger partial charge in [-0.1, -0.05) is 42.1 Å². The first-order valence-electron chi connectivity index (χ1n) is 7.65. The van der Waals surface area contributed by atoms with Gasteiger partial charge >= 0.3 is 0 Å². The van der Waals surface area contributed by atoms with Crippen molar-refractivity contribution in [3.05, 3.63) is 54.1 Å². The lowest BCUT2D eigenvalue weighted by atomic mass is 9.96. The maximum Gasteiger partial charge on any atom is 0.165 e. The number of nitrogens with zero attached hydrogens (tertiary/aromatic N) is 1. The van der Waals surface area contributed by atoms with E-state index in [-0.39, 0.29) is 11.8 Å². The van der Waals surface area contributed by atoms with Gasteiger partial charge in [-0.3, -0.25) is 4.79 Å². The van der Waals surface area contributed by atoms with E-state index in [4.69, 9.17) is 0 Å². The van der Waals surface area contributed by atoms with Crippen LogP contribution in [0.5, 0.6) is 0 Å². The minimum absolute atomic E-state index is 0.0771. The van der Waals surface area contributed by atoms with Crippen molar-refractivity contribution in [3.8, 4) is 0 Å². The van der Waals surface area contributed by atoms with E-state index in [0.717, 1.165) is 28.4 Å². The molecule has 0 radical (unpaired) electrons. The molecule has 1 aliphatic rings. The molecule has 5 heteroatoms. The summed E-state index contributed by atoms with van der Waals surface area (Å²) in [7, 11) is 0. The summed E-state index contributed by atoms with van der Waals surface area (Å²) in [6, 6.07) is 16.2. The number of thiazole rings is 1. The zero-order chi connectivity index (χ0) is 15.6. The molecule has 116 valence electrons. The molecule has 0 spiro atoms. The molecule has 1 unspecified atom stereocenters. The van der Waals surface area contributed by atoms with Gasteiger partial charge in [-0.2, -0.15) is 0 Å². The molecule has 0 fully saturated rings. The van der Waals surface area contributed by atoms with Gasteiger partial charge < -0.3 is 5.32 Å². The number of carbonyl (C=O) groups excluding carboxylic acids is 1. The molecule has 0 bridgehead atoms. The number of fused-ring (bicyclic) bond motifs is 2. The van der Waals surface area contributed by atoms with Gasteiger partial charge in [0.15, 0.2) is 10.1 Å². The number of nitrogens with one attached hydrogen (secondary N) is 1. The molecule has 3 nitrogen and oxygen atoms in total. The van der Waals surface area contributed by atoms with Gasteiger partial charge in [-0.25, -0.2) is 4.98 Å². The Morgan fingerprint density at radius 3 is 2.96 bits per heavy atom. The predicted octanol–water partition coefficient (Wildman–Crippen LogP) is 4.38. The number of carbonyl (C=O) groups is 1. The molecule has 2 aromatic carbocycles. The molecule has 1 N–H and O–H groups in total. The van der Waals surface area contributed by atoms with Crippen LogP contribution in [0.4, 0.5) is 5.69 Å². The van der Waals surface area contributed by atoms with Crippen LogP contribution in [-0.4, -0.2) is 22.6 Å². The standard InChI is InChI=1S/C18H16N2OS2/c21-16(14-10-9-12-5-1-2-6-13(12)19-14)11-22-18-20-15-7-3-4-8-17(15)23-18/h1-8,14,19H,9-11H2. The van der Waals surface area contributed by atoms with Crippen LogP contribution in [-0.2, 0) is 11.2 Å². The van der Waals surface area contributed by atoms with Crippen molar-refractivity contribution >= 4 is 44.8 Å². The average molecular weight is 340 g/mol. The minimum atomic E-state index is -0.0771. The first-order chi connectivity index (χ1) is 11.3. The number of aryl methyl sites for hydroxylation is 1. The number of rotatable bonds is 4. The Morgan fingerprint density at radius 2 is 2.04 bits per heavy atom. The minimum Gasteiger partial charge on any atom is -0.375 e. The van der Waals surface area contributed by atoms with Crippen molar-refractivity contribution in [1.29, 1.82) is 0 Å². The van der Waals surface area contributed by atoms with Crippen molar-refractivity contribution < 1.29 is 4.79 Å². The van der Waals surface area contributed by atoms with Crippen LogP contribution in [0.1, 0.15) is 12.0 Å². The number of para-hydroxylation sites is 2. The third kappa shape index (κ3) is 3.12. The Balaban J connectivity index is 1.40. The van der Waals surface area contributed by atoms with E-state index >= 15 is 0 Å². The van der Waals surface area contributed by atoms with E-state index in [1.165, 1.54) is 10.3 Å². The molecule has 4 rings (SSSR count). The van der Waals surface area contributed by atoms with Crippen LogP contribution < -0.4 is 5.32 Å². The molecule has 0 amide bonds. The van der Waals surface area contributed by atoms with E-state index in [2.05, 4.69) is 28.5 Å². The number of ketones is 1. The molecule has 0 saturated carbocycles. The van der Waals surface area contributed by atoms with E-state index in [1.54, 1.807) is 23.1 Å². The molecule has 1 atom stereocenters. The third-order valence-electron chi connectivity index (χ3n) is 4.05. The van der Waals surface area contributed by atoms with Gasteiger partial charge in [0.1, 0.15) is 0 Å². The fraction of sp³-hybridized carbons (Fsp3) is 0.222. The summed E-state index contributed by atoms with van der Waals surface area (Å²) in [5, 5.41) is 3.38. The summed E-state index contributed by atoms with van der Waals surface area (Å²) in [5.74, 6) is 0.725. The number of anilines is 1. The van der Waals surface area contributed by atoms with Crippen LogP contribution in [0.15, 0.2) is 52.9 Å². The van der Waals surface area contributed by atoms with Crippen LogP contribution in [0, 0.1) is 0 Å². The zero-order valence-corrected chi connectivity index (χ0v) is 14.1. The average Bonchev–Trinajstić information content (AvgIpc) is 3.02. The number of Topliss-reactive ketones (excluding diaryl/α,β-unsaturated/α-hetero) is 1. The lowest BCUT2D eigenvalue weighted by molar-refractivity contribution is -0.117. The number of hydrogen-bond donors (Lipinski definition) is 1. The highest BCUT2D eigenvalue weighted by molar-refractivity contribution is 8.01. The van der Waals surface area contributed by atoms with Crippen LogP contribution in [0.3, 0.4) is 0 Å². The molecular formula is C18H16N2OS2. The van der Waals surface area contributed by atoms with Gasteiger partial charge in [-0.05, 0) is 36.6 Å². The van der Waals surface area contributed by atoms with Crippen molar-refractivity contribution in [2.75, 3.05) is 11.1 Å². The van der Waals surface area contributed by atoms with Crippen LogP contribution in [0.2, 0.25) is 0 Å². The molecule has 3 aromatic rings. The SMILES string of the molecule is O=C(CSc1nc2ccccc2s1)C1CCc2ccccc2N1. The largest absolute Gasteiger partial charge is 0.375 e. The molecule has 23 heavy (non-hydrogen) atoms. The summed E-state index contributed by atoms with van der Waals surface area (Å²) in [6.07, 6.45) is 1.83. The Kier molecular flexibility index (Phi) is 4.06. The maximum absolute atomic E-state index is 12.5. The molecule has 2 heterocycles. The first-order valence-corrected chi connectivity index (χ1v) is 9.45. The third-order valence-corrected chi connectivity index (χ3v) is 6.25. The van der Waals surface area contributed by atoms with Crippen molar-refractivity contribution in [3.63, 3.8) is 0 Å². The topological polar surface area (TPSA) is 42.0 Å². The summed E-state index contributed by atoms with van der Waals surface area (Å²) in [5.41, 5.74) is 3.41. The lowest BCUT2D eigenvalue weighted by Crippen LogP contribution is -2.34. The summed E-state index contributed by atoms with van der Waals surface area (Å²) < 4.78 is 2.14. The Hall–Kier alpha value is -1.85. The van der Waals surface area contributed by atoms with E-state index in [1.807, 2.05) is 30.3 Å². The van der Waals surface area contributed by atoms with Crippen LogP contribution in [0.25, 0.3) is 10.2 Å². The second-order valence-electron chi connectivity index (χ2n) is 5.60. The normalized spacial score (nSPS) is 16.8. The van der Waals surface area contributed by atoms with Gasteiger partial charge in [0.25, 0.3) is 0 Å². The van der Waals surface area contributed by atoms with Crippen LogP contribution >= 0.6 is 23.1 Å². The number of aromatic nitrogens is 1. The van der Waals surface area contributed by atoms with Gasteiger partial charge in [-0.15, -0.1) is 11.3 Å². The quantitative estimate of drug-likeness (QED) is 0.716. The summed E-state index contributed by atoms with van der Waals surface area (Å²) >= 11 is 3.20. The highest BCUT2D eigenvalue weighted by Gasteiger charge is 2.23. The second kappa shape index (κ2) is 6.34. The zero-order valence-electron chi connectivity index (χ0n) is 12.5. The Morgan fingerprint density at radius 1 is 1.22 bits per heavy atom. The number of thioether (sulfide) groups is 1. The highest BCUT2D eigenvalue weighted by atomic mass is 32.2. The summed E-state index contributed by atoms with van der Waals surface area (Å²) in [6.45, 7) is 0. The summed E-state index contributed by atoms with van der Waals surface area (Å²) in [4.78, 5) is 17.1.